The van der Waals surface area contributed by atoms with Gasteiger partial charge >= 0.3 is 5.69 Å². The molecule has 182 valence electrons. The van der Waals surface area contributed by atoms with Crippen molar-refractivity contribution in [1.29, 1.82) is 0 Å². The number of pyridine rings is 2. The Bertz CT molecular complexity index is 1650. The van der Waals surface area contributed by atoms with E-state index in [2.05, 4.69) is 26.3 Å². The Balaban J connectivity index is 1.54. The van der Waals surface area contributed by atoms with E-state index < -0.39 is 0 Å². The first-order valence-electron chi connectivity index (χ1n) is 11.8. The van der Waals surface area contributed by atoms with Crippen LogP contribution in [0.3, 0.4) is 0 Å². The number of benzene rings is 2. The molecule has 3 aromatic heterocycles. The number of rotatable bonds is 4. The van der Waals surface area contributed by atoms with Gasteiger partial charge in [0.05, 0.1) is 46.3 Å². The number of imidazole rings is 1. The fourth-order valence-electron chi connectivity index (χ4n) is 4.89. The van der Waals surface area contributed by atoms with Gasteiger partial charge in [-0.25, -0.2) is 9.78 Å². The number of ether oxygens (including phenoxy) is 1. The van der Waals surface area contributed by atoms with Crippen LogP contribution >= 0.6 is 11.6 Å². The Morgan fingerprint density at radius 3 is 2.50 bits per heavy atom. The number of methoxy groups -OCH3 is 1. The zero-order chi connectivity index (χ0) is 24.8. The van der Waals surface area contributed by atoms with Crippen LogP contribution in [0.25, 0.3) is 38.8 Å². The molecule has 5 aromatic rings. The summed E-state index contributed by atoms with van der Waals surface area (Å²) in [7, 11) is 3.36. The highest BCUT2D eigenvalue weighted by Crippen LogP contribution is 2.32. The quantitative estimate of drug-likeness (QED) is 0.402. The highest BCUT2D eigenvalue weighted by atomic mass is 35.5. The van der Waals surface area contributed by atoms with Crippen LogP contribution in [0.15, 0.2) is 65.7 Å². The molecule has 0 amide bonds. The minimum atomic E-state index is -0.151. The third-order valence-corrected chi connectivity index (χ3v) is 7.11. The van der Waals surface area contributed by atoms with E-state index in [4.69, 9.17) is 16.3 Å². The van der Waals surface area contributed by atoms with Crippen molar-refractivity contribution in [3.8, 4) is 22.7 Å². The number of aryl methyl sites for hydroxylation is 1. The highest BCUT2D eigenvalue weighted by Gasteiger charge is 2.19. The maximum absolute atomic E-state index is 13.5. The van der Waals surface area contributed by atoms with Crippen molar-refractivity contribution >= 4 is 39.2 Å². The maximum Gasteiger partial charge on any atom is 0.333 e. The van der Waals surface area contributed by atoms with Crippen LogP contribution in [-0.2, 0) is 7.05 Å². The van der Waals surface area contributed by atoms with Crippen LogP contribution in [-0.4, -0.2) is 52.4 Å². The van der Waals surface area contributed by atoms with E-state index in [-0.39, 0.29) is 5.69 Å². The average Bonchev–Trinajstić information content (AvgIpc) is 3.19. The summed E-state index contributed by atoms with van der Waals surface area (Å²) in [6, 6.07) is 15.7. The number of nitrogens with one attached hydrogen (secondary N) is 1. The molecular formula is C27H25ClN6O2. The standard InChI is InChI=1S/C27H25ClN6O2/c1-32-24-16-30-22-6-3-17(18-4-8-25(36-2)31-15-18)13-20(22)26(24)34(27(32)35)19-5-7-23(21(28)14-19)33-11-9-29-10-12-33/h3-8,13-16,29H,9-12H2,1-2H3. The third-order valence-electron chi connectivity index (χ3n) is 6.81. The molecule has 0 aliphatic carbocycles. The Morgan fingerprint density at radius 1 is 0.972 bits per heavy atom. The van der Waals surface area contributed by atoms with Gasteiger partial charge in [-0.15, -0.1) is 0 Å². The smallest absolute Gasteiger partial charge is 0.333 e. The van der Waals surface area contributed by atoms with E-state index in [1.165, 1.54) is 0 Å². The summed E-state index contributed by atoms with van der Waals surface area (Å²) in [5.41, 5.74) is 5.82. The number of nitrogens with zero attached hydrogens (tertiary/aromatic N) is 5. The molecule has 1 aliphatic heterocycles. The second-order valence-electron chi connectivity index (χ2n) is 8.86. The summed E-state index contributed by atoms with van der Waals surface area (Å²) >= 11 is 6.76. The monoisotopic (exact) mass is 500 g/mol. The van der Waals surface area contributed by atoms with Gasteiger partial charge in [0, 0.05) is 56.4 Å². The first kappa shape index (κ1) is 22.6. The molecule has 1 saturated heterocycles. The number of fused-ring (bicyclic) bond motifs is 3. The summed E-state index contributed by atoms with van der Waals surface area (Å²) in [5, 5.41) is 4.86. The van der Waals surface area contributed by atoms with Crippen LogP contribution in [0, 0.1) is 0 Å². The molecule has 1 aliphatic rings. The zero-order valence-electron chi connectivity index (χ0n) is 20.0. The van der Waals surface area contributed by atoms with Gasteiger partial charge < -0.3 is 15.0 Å². The Morgan fingerprint density at radius 2 is 1.78 bits per heavy atom. The van der Waals surface area contributed by atoms with Gasteiger partial charge in [-0.05, 0) is 42.0 Å². The van der Waals surface area contributed by atoms with Crippen LogP contribution in [0.2, 0.25) is 5.02 Å². The molecule has 1 N–H and O–H groups in total. The van der Waals surface area contributed by atoms with Gasteiger partial charge in [-0.1, -0.05) is 17.7 Å². The van der Waals surface area contributed by atoms with Crippen LogP contribution in [0.4, 0.5) is 5.69 Å². The molecule has 0 atom stereocenters. The van der Waals surface area contributed by atoms with Gasteiger partial charge in [0.25, 0.3) is 0 Å². The van der Waals surface area contributed by atoms with Gasteiger partial charge in [0.15, 0.2) is 0 Å². The van der Waals surface area contributed by atoms with Crippen molar-refractivity contribution in [3.63, 3.8) is 0 Å². The predicted octanol–water partition coefficient (Wildman–Crippen LogP) is 4.01. The van der Waals surface area contributed by atoms with Crippen LogP contribution < -0.4 is 20.6 Å². The average molecular weight is 501 g/mol. The highest BCUT2D eigenvalue weighted by molar-refractivity contribution is 6.33. The van der Waals surface area contributed by atoms with Gasteiger partial charge in [0.1, 0.15) is 0 Å². The lowest BCUT2D eigenvalue weighted by molar-refractivity contribution is 0.398. The number of anilines is 1. The van der Waals surface area contributed by atoms with Gasteiger partial charge in [-0.2, -0.15) is 0 Å². The molecule has 8 nitrogen and oxygen atoms in total. The van der Waals surface area contributed by atoms with E-state index in [9.17, 15) is 4.79 Å². The minimum Gasteiger partial charge on any atom is -0.481 e. The second-order valence-corrected chi connectivity index (χ2v) is 9.27. The topological polar surface area (TPSA) is 77.2 Å². The molecule has 1 fully saturated rings. The van der Waals surface area contributed by atoms with Crippen molar-refractivity contribution in [2.75, 3.05) is 38.2 Å². The van der Waals surface area contributed by atoms with Crippen molar-refractivity contribution in [1.82, 2.24) is 24.4 Å². The van der Waals surface area contributed by atoms with E-state index in [0.717, 1.165) is 70.6 Å². The number of halogens is 1. The molecular weight excluding hydrogens is 476 g/mol. The number of hydrogen-bond acceptors (Lipinski definition) is 6. The molecule has 0 spiro atoms. The van der Waals surface area contributed by atoms with Crippen molar-refractivity contribution in [3.05, 3.63) is 76.4 Å². The Labute approximate surface area is 212 Å². The molecule has 9 heteroatoms. The van der Waals surface area contributed by atoms with E-state index in [0.29, 0.717) is 10.9 Å². The Hall–Kier alpha value is -3.88. The second kappa shape index (κ2) is 8.96. The summed E-state index contributed by atoms with van der Waals surface area (Å²) < 4.78 is 8.54. The lowest BCUT2D eigenvalue weighted by atomic mass is 10.0. The number of hydrogen-bond donors (Lipinski definition) is 1. The number of aromatic nitrogens is 4. The lowest BCUT2D eigenvalue weighted by Gasteiger charge is -2.30. The lowest BCUT2D eigenvalue weighted by Crippen LogP contribution is -2.43. The van der Waals surface area contributed by atoms with Gasteiger partial charge in [0.2, 0.25) is 5.88 Å². The molecule has 6 rings (SSSR count). The summed E-state index contributed by atoms with van der Waals surface area (Å²) in [6.45, 7) is 3.64. The molecule has 36 heavy (non-hydrogen) atoms. The SMILES string of the molecule is COc1ccc(-c2ccc3ncc4c(c3c2)n(-c2ccc(N3CCNCC3)c(Cl)c2)c(=O)n4C)cn1. The van der Waals surface area contributed by atoms with E-state index in [1.807, 2.05) is 42.5 Å². The first-order valence-corrected chi connectivity index (χ1v) is 12.2. The minimum absolute atomic E-state index is 0.151. The molecule has 2 aromatic carbocycles. The summed E-state index contributed by atoms with van der Waals surface area (Å²) in [4.78, 5) is 24.7. The number of piperazine rings is 1. The van der Waals surface area contributed by atoms with Crippen LogP contribution in [0.5, 0.6) is 5.88 Å². The summed E-state index contributed by atoms with van der Waals surface area (Å²) in [5.74, 6) is 0.557. The van der Waals surface area contributed by atoms with Crippen molar-refractivity contribution in [2.45, 2.75) is 0 Å². The predicted molar refractivity (Wildman–Crippen MR) is 144 cm³/mol. The normalized spacial score (nSPS) is 14.0. The molecule has 0 radical (unpaired) electrons. The molecule has 4 heterocycles. The fraction of sp³-hybridized carbons (Fsp3) is 0.222. The molecule has 0 saturated carbocycles. The largest absolute Gasteiger partial charge is 0.481 e. The maximum atomic E-state index is 13.5. The molecule has 0 unspecified atom stereocenters. The van der Waals surface area contributed by atoms with Gasteiger partial charge in [-0.3, -0.25) is 14.1 Å². The van der Waals surface area contributed by atoms with Crippen LogP contribution in [0.1, 0.15) is 0 Å². The zero-order valence-corrected chi connectivity index (χ0v) is 20.8. The summed E-state index contributed by atoms with van der Waals surface area (Å²) in [6.07, 6.45) is 3.53. The fourth-order valence-corrected chi connectivity index (χ4v) is 5.18. The third kappa shape index (κ3) is 3.70. The first-order chi connectivity index (χ1) is 17.5. The van der Waals surface area contributed by atoms with Crippen molar-refractivity contribution in [2.24, 2.45) is 7.05 Å². The van der Waals surface area contributed by atoms with Crippen molar-refractivity contribution < 1.29 is 4.74 Å². The van der Waals surface area contributed by atoms with E-state index in [1.54, 1.807) is 35.7 Å². The van der Waals surface area contributed by atoms with E-state index >= 15 is 0 Å². The molecule has 0 bridgehead atoms. The Kier molecular flexibility index (Phi) is 5.62.